The van der Waals surface area contributed by atoms with Crippen LogP contribution in [0, 0.1) is 18.3 Å². The average Bonchev–Trinajstić information content (AvgIpc) is 4.06. The van der Waals surface area contributed by atoms with E-state index in [1.165, 1.54) is 0 Å². The highest BCUT2D eigenvalue weighted by Crippen LogP contribution is 2.48. The number of benzene rings is 3. The summed E-state index contributed by atoms with van der Waals surface area (Å²) in [6.45, 7) is 11.5. The summed E-state index contributed by atoms with van der Waals surface area (Å²) >= 11 is 0. The highest BCUT2D eigenvalue weighted by molar-refractivity contribution is 7.91. The van der Waals surface area contributed by atoms with Crippen LogP contribution in [0.4, 0.5) is 5.69 Å². The van der Waals surface area contributed by atoms with E-state index in [9.17, 15) is 22.8 Å². The van der Waals surface area contributed by atoms with Gasteiger partial charge < -0.3 is 25.0 Å². The fourth-order valence-corrected chi connectivity index (χ4v) is 9.13. The number of hydrogen-bond acceptors (Lipinski definition) is 9. The number of ether oxygens (including phenoxy) is 2. The van der Waals surface area contributed by atoms with Gasteiger partial charge in [-0.2, -0.15) is 0 Å². The van der Waals surface area contributed by atoms with Crippen LogP contribution in [0.1, 0.15) is 72.3 Å². The summed E-state index contributed by atoms with van der Waals surface area (Å²) in [5, 5.41) is 7.16. The summed E-state index contributed by atoms with van der Waals surface area (Å²) < 4.78 is 39.9. The smallest absolute Gasteiger partial charge is 0.259 e. The molecule has 2 heterocycles. The van der Waals surface area contributed by atoms with Gasteiger partial charge in [0.15, 0.2) is 0 Å². The van der Waals surface area contributed by atoms with Crippen molar-refractivity contribution in [2.75, 3.05) is 19.0 Å². The molecule has 3 aromatic carbocycles. The van der Waals surface area contributed by atoms with Gasteiger partial charge in [-0.05, 0) is 74.3 Å². The molecule has 5 atom stereocenters. The quantitative estimate of drug-likeness (QED) is 0.140. The van der Waals surface area contributed by atoms with Crippen molar-refractivity contribution in [3.05, 3.63) is 84.4 Å². The minimum Gasteiger partial charge on any atom is -0.497 e. The van der Waals surface area contributed by atoms with Crippen LogP contribution in [-0.2, 0) is 24.4 Å². The topological polar surface area (TPSA) is 156 Å². The number of carbonyl (C=O) groups excluding carboxylic acids is 3. The molecule has 2 saturated carbocycles. The molecule has 4 aromatic rings. The number of amides is 3. The molecule has 12 nitrogen and oxygen atoms in total. The van der Waals surface area contributed by atoms with E-state index in [0.717, 1.165) is 22.2 Å². The molecule has 3 aliphatic rings. The average molecular weight is 796 g/mol. The molecule has 2 aliphatic carbocycles. The standard InChI is InChI=1S/C44H53N5O7S/c1-8-29-25-44(29,41(52)48-57(53,54)43(6)19-20-43)47-39(50)36-23-32(26-49(36)40(51)38(42(3,4)5)45-30-16-12-13-27(2)21-30)56-37-24-34(28-14-10-9-11-15-28)46-35-22-31(55-7)17-18-33(35)37/h9-18,21-22,24,29,32,36,38,45H,8,19-20,23,25-26H2,1-7H3,(H,47,50)(H,48,52)/t29-,32-,36+,38-,44-/m1/s1. The fraction of sp³-hybridized carbons (Fsp3) is 0.455. The molecule has 3 N–H and O–H groups in total. The molecule has 0 unspecified atom stereocenters. The highest BCUT2D eigenvalue weighted by atomic mass is 32.2. The van der Waals surface area contributed by atoms with E-state index >= 15 is 0 Å². The number of methoxy groups -OCH3 is 1. The summed E-state index contributed by atoms with van der Waals surface area (Å²) in [6.07, 6.45) is 1.28. The molecule has 1 saturated heterocycles. The molecule has 1 aromatic heterocycles. The van der Waals surface area contributed by atoms with Gasteiger partial charge in [-0.25, -0.2) is 13.4 Å². The SMILES string of the molecule is CC[C@@H]1C[C@]1(NC(=O)[C@@H]1C[C@@H](Oc2cc(-c3ccccc3)nc3cc(OC)ccc23)CN1C(=O)[C@@H](Nc1cccc(C)c1)C(C)(C)C)C(=O)NS(=O)(=O)C1(C)CC1. The molecule has 1 aliphatic heterocycles. The lowest BCUT2D eigenvalue weighted by Gasteiger charge is -2.36. The number of nitrogens with one attached hydrogen (secondary N) is 3. The lowest BCUT2D eigenvalue weighted by atomic mass is 9.85. The van der Waals surface area contributed by atoms with Crippen LogP contribution in [-0.4, -0.2) is 78.2 Å². The first kappa shape index (κ1) is 40.0. The van der Waals surface area contributed by atoms with Crippen LogP contribution < -0.4 is 24.8 Å². The summed E-state index contributed by atoms with van der Waals surface area (Å²) in [6, 6.07) is 23.2. The van der Waals surface area contributed by atoms with Gasteiger partial charge in [-0.15, -0.1) is 0 Å². The molecular formula is C44H53N5O7S. The molecule has 7 rings (SSSR count). The number of rotatable bonds is 13. The molecule has 0 bridgehead atoms. The van der Waals surface area contributed by atoms with Crippen LogP contribution in [0.2, 0.25) is 0 Å². The number of likely N-dealkylation sites (tertiary alicyclic amines) is 1. The zero-order valence-electron chi connectivity index (χ0n) is 33.7. The predicted octanol–water partition coefficient (Wildman–Crippen LogP) is 6.38. The Labute approximate surface area is 335 Å². The van der Waals surface area contributed by atoms with Crippen molar-refractivity contribution in [1.29, 1.82) is 0 Å². The number of fused-ring (bicyclic) bond motifs is 1. The van der Waals surface area contributed by atoms with E-state index in [0.29, 0.717) is 48.4 Å². The number of carbonyl (C=O) groups is 3. The first-order valence-electron chi connectivity index (χ1n) is 19.7. The van der Waals surface area contributed by atoms with Crippen LogP contribution in [0.15, 0.2) is 78.9 Å². The van der Waals surface area contributed by atoms with Gasteiger partial charge in [-0.1, -0.05) is 76.6 Å². The second-order valence-electron chi connectivity index (χ2n) is 17.2. The zero-order valence-corrected chi connectivity index (χ0v) is 34.5. The maximum absolute atomic E-state index is 14.9. The van der Waals surface area contributed by atoms with Gasteiger partial charge in [-0.3, -0.25) is 19.1 Å². The predicted molar refractivity (Wildman–Crippen MR) is 220 cm³/mol. The second-order valence-corrected chi connectivity index (χ2v) is 19.4. The number of aryl methyl sites for hydroxylation is 1. The van der Waals surface area contributed by atoms with E-state index in [1.54, 1.807) is 18.9 Å². The molecule has 302 valence electrons. The first-order valence-corrected chi connectivity index (χ1v) is 21.2. The monoisotopic (exact) mass is 795 g/mol. The Bertz CT molecular complexity index is 2310. The molecule has 3 amide bonds. The normalized spacial score (nSPS) is 23.0. The van der Waals surface area contributed by atoms with Crippen LogP contribution in [0.3, 0.4) is 0 Å². The van der Waals surface area contributed by atoms with E-state index in [-0.39, 0.29) is 24.8 Å². The van der Waals surface area contributed by atoms with Gasteiger partial charge in [0, 0.05) is 35.2 Å². The first-order chi connectivity index (χ1) is 27.0. The van der Waals surface area contributed by atoms with Gasteiger partial charge in [0.2, 0.25) is 21.8 Å². The Morgan fingerprint density at radius 3 is 2.37 bits per heavy atom. The maximum Gasteiger partial charge on any atom is 0.259 e. The highest BCUT2D eigenvalue weighted by Gasteiger charge is 2.63. The fourth-order valence-electron chi connectivity index (χ4n) is 7.82. The summed E-state index contributed by atoms with van der Waals surface area (Å²) in [5.74, 6) is -0.655. The van der Waals surface area contributed by atoms with Crippen LogP contribution >= 0.6 is 0 Å². The molecule has 57 heavy (non-hydrogen) atoms. The third kappa shape index (κ3) is 8.03. The molecule has 0 radical (unpaired) electrons. The van der Waals surface area contributed by atoms with Crippen molar-refractivity contribution in [1.82, 2.24) is 19.9 Å². The number of nitrogens with zero attached hydrogens (tertiary/aromatic N) is 2. The van der Waals surface area contributed by atoms with Gasteiger partial charge in [0.05, 0.1) is 29.6 Å². The zero-order chi connectivity index (χ0) is 40.9. The van der Waals surface area contributed by atoms with Crippen molar-refractivity contribution >= 4 is 44.3 Å². The van der Waals surface area contributed by atoms with Crippen molar-refractivity contribution in [2.24, 2.45) is 11.3 Å². The van der Waals surface area contributed by atoms with E-state index in [1.807, 2.05) is 113 Å². The van der Waals surface area contributed by atoms with E-state index < -0.39 is 55.7 Å². The van der Waals surface area contributed by atoms with Gasteiger partial charge in [0.1, 0.15) is 35.2 Å². The summed E-state index contributed by atoms with van der Waals surface area (Å²) in [7, 11) is -2.35. The van der Waals surface area contributed by atoms with Gasteiger partial charge >= 0.3 is 0 Å². The Kier molecular flexibility index (Phi) is 10.5. The Hall–Kier alpha value is -5.17. The number of sulfonamides is 1. The summed E-state index contributed by atoms with van der Waals surface area (Å²) in [5.41, 5.74) is 2.04. The largest absolute Gasteiger partial charge is 0.497 e. The van der Waals surface area contributed by atoms with Crippen LogP contribution in [0.5, 0.6) is 11.5 Å². The molecule has 0 spiro atoms. The Morgan fingerprint density at radius 1 is 1.00 bits per heavy atom. The van der Waals surface area contributed by atoms with Gasteiger partial charge in [0.25, 0.3) is 5.91 Å². The second kappa shape index (κ2) is 15.0. The third-order valence-corrected chi connectivity index (χ3v) is 14.0. The molecule has 13 heteroatoms. The number of hydrogen-bond donors (Lipinski definition) is 3. The minimum atomic E-state index is -3.95. The van der Waals surface area contributed by atoms with E-state index in [4.69, 9.17) is 14.5 Å². The van der Waals surface area contributed by atoms with Crippen LogP contribution in [0.25, 0.3) is 22.2 Å². The summed E-state index contributed by atoms with van der Waals surface area (Å²) in [4.78, 5) is 49.8. The lowest BCUT2D eigenvalue weighted by molar-refractivity contribution is -0.141. The Balaban J connectivity index is 1.23. The lowest BCUT2D eigenvalue weighted by Crippen LogP contribution is -2.59. The number of aromatic nitrogens is 1. The van der Waals surface area contributed by atoms with Crippen molar-refractivity contribution in [3.63, 3.8) is 0 Å². The minimum absolute atomic E-state index is 0.0861. The Morgan fingerprint density at radius 2 is 1.74 bits per heavy atom. The molecular weight excluding hydrogens is 743 g/mol. The molecule has 3 fully saturated rings. The number of pyridine rings is 1. The van der Waals surface area contributed by atoms with E-state index in [2.05, 4.69) is 15.4 Å². The maximum atomic E-state index is 14.9. The van der Waals surface area contributed by atoms with Crippen molar-refractivity contribution in [2.45, 2.75) is 102 Å². The van der Waals surface area contributed by atoms with Crippen molar-refractivity contribution < 1.29 is 32.3 Å². The number of anilines is 1. The van der Waals surface area contributed by atoms with Crippen molar-refractivity contribution in [3.8, 4) is 22.8 Å². The third-order valence-electron chi connectivity index (χ3n) is 11.8.